The number of anilines is 1. The van der Waals surface area contributed by atoms with Gasteiger partial charge in [-0.1, -0.05) is 55.5 Å². The fourth-order valence-electron chi connectivity index (χ4n) is 2.95. The van der Waals surface area contributed by atoms with Gasteiger partial charge in [-0.2, -0.15) is 0 Å². The summed E-state index contributed by atoms with van der Waals surface area (Å²) in [5.74, 6) is 0.689. The largest absolute Gasteiger partial charge is 0.311 e. The number of amides is 1. The molecule has 30 heavy (non-hydrogen) atoms. The Morgan fingerprint density at radius 2 is 1.33 bits per heavy atom. The molecule has 0 aliphatic heterocycles. The molecule has 1 aromatic heterocycles. The Hall–Kier alpha value is -3.67. The van der Waals surface area contributed by atoms with Crippen LogP contribution in [0.5, 0.6) is 0 Å². The van der Waals surface area contributed by atoms with Crippen LogP contribution in [0.4, 0.5) is 5.82 Å². The van der Waals surface area contributed by atoms with Crippen molar-refractivity contribution in [3.63, 3.8) is 0 Å². The van der Waals surface area contributed by atoms with Crippen LogP contribution in [0.15, 0.2) is 54.6 Å². The molecule has 0 radical (unpaired) electrons. The Labute approximate surface area is 175 Å². The van der Waals surface area contributed by atoms with Gasteiger partial charge in [0, 0.05) is 34.7 Å². The molecule has 1 N–H and O–H groups in total. The van der Waals surface area contributed by atoms with Crippen molar-refractivity contribution in [2.75, 3.05) is 5.32 Å². The SMILES string of the molecule is CCCC(=O)Nc1cc(-c2ccc(C(C)=O)cc2)nc(-c2ccc(C(C)=O)cc2)n1. The van der Waals surface area contributed by atoms with E-state index in [1.165, 1.54) is 13.8 Å². The second-order valence-corrected chi connectivity index (χ2v) is 7.03. The number of benzene rings is 2. The topological polar surface area (TPSA) is 89.0 Å². The van der Waals surface area contributed by atoms with E-state index in [0.29, 0.717) is 34.9 Å². The predicted octanol–water partition coefficient (Wildman–Crippen LogP) is 4.95. The lowest BCUT2D eigenvalue weighted by Crippen LogP contribution is -2.12. The van der Waals surface area contributed by atoms with Crippen molar-refractivity contribution >= 4 is 23.3 Å². The molecule has 1 heterocycles. The molecule has 6 heteroatoms. The quantitative estimate of drug-likeness (QED) is 0.566. The van der Waals surface area contributed by atoms with Gasteiger partial charge in [-0.15, -0.1) is 0 Å². The normalized spacial score (nSPS) is 10.5. The maximum atomic E-state index is 12.1. The summed E-state index contributed by atoms with van der Waals surface area (Å²) in [7, 11) is 0. The summed E-state index contributed by atoms with van der Waals surface area (Å²) in [6, 6.07) is 15.9. The van der Waals surface area contributed by atoms with E-state index >= 15 is 0 Å². The maximum Gasteiger partial charge on any atom is 0.225 e. The monoisotopic (exact) mass is 401 g/mol. The highest BCUT2D eigenvalue weighted by Crippen LogP contribution is 2.25. The van der Waals surface area contributed by atoms with Gasteiger partial charge in [-0.05, 0) is 20.3 Å². The van der Waals surface area contributed by atoms with Crippen LogP contribution in [0.2, 0.25) is 0 Å². The summed E-state index contributed by atoms with van der Waals surface area (Å²) in [5, 5.41) is 2.82. The third-order valence-corrected chi connectivity index (χ3v) is 4.61. The smallest absolute Gasteiger partial charge is 0.225 e. The van der Waals surface area contributed by atoms with Crippen LogP contribution in [0.25, 0.3) is 22.6 Å². The van der Waals surface area contributed by atoms with Crippen LogP contribution in [0.3, 0.4) is 0 Å². The molecule has 0 spiro atoms. The van der Waals surface area contributed by atoms with E-state index in [4.69, 9.17) is 0 Å². The van der Waals surface area contributed by atoms with E-state index in [9.17, 15) is 14.4 Å². The number of aromatic nitrogens is 2. The van der Waals surface area contributed by atoms with E-state index < -0.39 is 0 Å². The molecule has 6 nitrogen and oxygen atoms in total. The molecule has 3 aromatic rings. The minimum absolute atomic E-state index is 0.0111. The van der Waals surface area contributed by atoms with Crippen LogP contribution in [0, 0.1) is 0 Å². The summed E-state index contributed by atoms with van der Waals surface area (Å²) in [6.45, 7) is 4.96. The van der Waals surface area contributed by atoms with Crippen LogP contribution in [0.1, 0.15) is 54.3 Å². The van der Waals surface area contributed by atoms with Crippen LogP contribution in [-0.2, 0) is 4.79 Å². The molecule has 0 aliphatic rings. The molecule has 1 amide bonds. The van der Waals surface area contributed by atoms with Gasteiger partial charge in [-0.25, -0.2) is 9.97 Å². The van der Waals surface area contributed by atoms with E-state index in [1.807, 2.05) is 19.1 Å². The minimum Gasteiger partial charge on any atom is -0.311 e. The van der Waals surface area contributed by atoms with E-state index in [0.717, 1.165) is 17.5 Å². The summed E-state index contributed by atoms with van der Waals surface area (Å²) < 4.78 is 0. The predicted molar refractivity (Wildman–Crippen MR) is 116 cm³/mol. The zero-order valence-electron chi connectivity index (χ0n) is 17.2. The number of hydrogen-bond donors (Lipinski definition) is 1. The Balaban J connectivity index is 2.04. The lowest BCUT2D eigenvalue weighted by molar-refractivity contribution is -0.116. The minimum atomic E-state index is -0.119. The Bertz CT molecular complexity index is 1010. The number of hydrogen-bond acceptors (Lipinski definition) is 5. The van der Waals surface area contributed by atoms with Crippen LogP contribution >= 0.6 is 0 Å². The number of rotatable bonds is 7. The highest BCUT2D eigenvalue weighted by atomic mass is 16.1. The maximum absolute atomic E-state index is 12.1. The summed E-state index contributed by atoms with van der Waals surface area (Å²) >= 11 is 0. The zero-order valence-corrected chi connectivity index (χ0v) is 17.2. The lowest BCUT2D eigenvalue weighted by Gasteiger charge is -2.10. The number of nitrogens with zero attached hydrogens (tertiary/aromatic N) is 2. The average molecular weight is 401 g/mol. The van der Waals surface area contributed by atoms with Gasteiger partial charge in [0.15, 0.2) is 17.4 Å². The summed E-state index contributed by atoms with van der Waals surface area (Å²) in [4.78, 5) is 44.3. The van der Waals surface area contributed by atoms with Gasteiger partial charge in [0.05, 0.1) is 5.69 Å². The van der Waals surface area contributed by atoms with Gasteiger partial charge >= 0.3 is 0 Å². The first-order valence-electron chi connectivity index (χ1n) is 9.79. The van der Waals surface area contributed by atoms with Crippen molar-refractivity contribution < 1.29 is 14.4 Å². The summed E-state index contributed by atoms with van der Waals surface area (Å²) in [5.41, 5.74) is 3.37. The van der Waals surface area contributed by atoms with E-state index in [2.05, 4.69) is 15.3 Å². The Kier molecular flexibility index (Phi) is 6.47. The third-order valence-electron chi connectivity index (χ3n) is 4.61. The molecule has 0 fully saturated rings. The van der Waals surface area contributed by atoms with Gasteiger partial charge in [0.25, 0.3) is 0 Å². The second-order valence-electron chi connectivity index (χ2n) is 7.03. The molecule has 0 saturated heterocycles. The molecule has 0 aliphatic carbocycles. The first-order chi connectivity index (χ1) is 14.4. The highest BCUT2D eigenvalue weighted by Gasteiger charge is 2.12. The fourth-order valence-corrected chi connectivity index (χ4v) is 2.95. The molecule has 2 aromatic carbocycles. The van der Waals surface area contributed by atoms with Crippen LogP contribution in [-0.4, -0.2) is 27.4 Å². The second kappa shape index (κ2) is 9.22. The molecule has 0 saturated carbocycles. The first-order valence-corrected chi connectivity index (χ1v) is 9.79. The molecule has 152 valence electrons. The summed E-state index contributed by atoms with van der Waals surface area (Å²) in [6.07, 6.45) is 1.13. The van der Waals surface area contributed by atoms with Gasteiger partial charge in [0.2, 0.25) is 5.91 Å². The van der Waals surface area contributed by atoms with Crippen molar-refractivity contribution in [1.29, 1.82) is 0 Å². The van der Waals surface area contributed by atoms with Crippen LogP contribution < -0.4 is 5.32 Å². The molecule has 0 atom stereocenters. The van der Waals surface area contributed by atoms with Crippen molar-refractivity contribution in [2.24, 2.45) is 0 Å². The number of Topliss-reactive ketones (excluding diaryl/α,β-unsaturated/α-hetero) is 2. The third kappa shape index (κ3) is 5.03. The van der Waals surface area contributed by atoms with Crippen molar-refractivity contribution in [3.05, 3.63) is 65.7 Å². The Morgan fingerprint density at radius 3 is 1.83 bits per heavy atom. The number of ketones is 2. The standard InChI is InChI=1S/C24H23N3O3/c1-4-5-23(30)26-22-14-21(19-10-6-17(7-11-19)15(2)28)25-24(27-22)20-12-8-18(9-13-20)16(3)29/h6-14H,4-5H2,1-3H3,(H,25,26,27,30). The van der Waals surface area contributed by atoms with Gasteiger partial charge in [0.1, 0.15) is 5.82 Å². The average Bonchev–Trinajstić information content (AvgIpc) is 2.73. The number of nitrogens with one attached hydrogen (secondary N) is 1. The van der Waals surface area contributed by atoms with Crippen molar-refractivity contribution in [1.82, 2.24) is 9.97 Å². The van der Waals surface area contributed by atoms with E-state index in [-0.39, 0.29) is 17.5 Å². The number of carbonyl (C=O) groups excluding carboxylic acids is 3. The van der Waals surface area contributed by atoms with Gasteiger partial charge < -0.3 is 5.32 Å². The molecule has 0 bridgehead atoms. The first kappa shape index (κ1) is 21.0. The lowest BCUT2D eigenvalue weighted by atomic mass is 10.1. The molecule has 3 rings (SSSR count). The highest BCUT2D eigenvalue weighted by molar-refractivity contribution is 5.95. The van der Waals surface area contributed by atoms with Crippen molar-refractivity contribution in [2.45, 2.75) is 33.6 Å². The van der Waals surface area contributed by atoms with Crippen molar-refractivity contribution in [3.8, 4) is 22.6 Å². The fraction of sp³-hybridized carbons (Fsp3) is 0.208. The molecular weight excluding hydrogens is 378 g/mol. The Morgan fingerprint density at radius 1 is 0.800 bits per heavy atom. The zero-order chi connectivity index (χ0) is 21.7. The molecule has 0 unspecified atom stereocenters. The number of carbonyl (C=O) groups is 3. The van der Waals surface area contributed by atoms with E-state index in [1.54, 1.807) is 42.5 Å². The van der Waals surface area contributed by atoms with Gasteiger partial charge in [-0.3, -0.25) is 14.4 Å². The molecular formula is C24H23N3O3.